The molecule has 7 unspecified atom stereocenters. The summed E-state index contributed by atoms with van der Waals surface area (Å²) < 4.78 is 0. The van der Waals surface area contributed by atoms with Gasteiger partial charge in [0.2, 0.25) is 5.91 Å². The van der Waals surface area contributed by atoms with Crippen LogP contribution in [0.15, 0.2) is 4.99 Å². The van der Waals surface area contributed by atoms with Crippen molar-refractivity contribution >= 4 is 11.7 Å². The molecule has 0 spiro atoms. The van der Waals surface area contributed by atoms with E-state index in [0.29, 0.717) is 30.0 Å². The van der Waals surface area contributed by atoms with Crippen molar-refractivity contribution in [1.29, 1.82) is 0 Å². The summed E-state index contributed by atoms with van der Waals surface area (Å²) >= 11 is 0. The van der Waals surface area contributed by atoms with E-state index < -0.39 is 0 Å². The molecular formula is C28H49N5O. The van der Waals surface area contributed by atoms with Gasteiger partial charge >= 0.3 is 0 Å². The van der Waals surface area contributed by atoms with Gasteiger partial charge in [-0.3, -0.25) is 14.7 Å². The standard InChI is InChI=1S/C28H49N5O/c1-31-27(30)22-9-8-21-15-26(28(34)32-24-12-10-23(29)11-13-24)33(25(21)16-22)17-18-6-7-19-4-2-3-5-20(19)14-18/h18-26H,2-17,29H2,1H3,(H2,30,31)(H,32,34). The molecule has 5 aliphatic rings. The summed E-state index contributed by atoms with van der Waals surface area (Å²) in [5.41, 5.74) is 12.4. The monoisotopic (exact) mass is 471 g/mol. The lowest BCUT2D eigenvalue weighted by Crippen LogP contribution is -2.52. The van der Waals surface area contributed by atoms with E-state index in [9.17, 15) is 4.79 Å². The SMILES string of the molecule is CN=C(N)C1CCC2CC(C(=O)NC3CCC(N)CC3)N(CC3CCC4CCCCC4C3)C2C1. The second-order valence-electron chi connectivity index (χ2n) is 12.5. The van der Waals surface area contributed by atoms with Crippen molar-refractivity contribution in [3.63, 3.8) is 0 Å². The first kappa shape index (κ1) is 24.5. The van der Waals surface area contributed by atoms with E-state index in [-0.39, 0.29) is 11.9 Å². The summed E-state index contributed by atoms with van der Waals surface area (Å²) in [4.78, 5) is 20.7. The largest absolute Gasteiger partial charge is 0.387 e. The normalized spacial score (nSPS) is 43.7. The molecule has 5 rings (SSSR count). The Morgan fingerprint density at radius 3 is 2.38 bits per heavy atom. The predicted octanol–water partition coefficient (Wildman–Crippen LogP) is 3.83. The van der Waals surface area contributed by atoms with Crippen molar-refractivity contribution in [3.05, 3.63) is 0 Å². The Morgan fingerprint density at radius 2 is 1.62 bits per heavy atom. The van der Waals surface area contributed by atoms with Crippen LogP contribution in [0.5, 0.6) is 0 Å². The molecule has 4 saturated carbocycles. The minimum atomic E-state index is 0.0354. The summed E-state index contributed by atoms with van der Waals surface area (Å²) in [6.45, 7) is 1.11. The third-order valence-electron chi connectivity index (χ3n) is 10.5. The highest BCUT2D eigenvalue weighted by atomic mass is 16.2. The molecule has 34 heavy (non-hydrogen) atoms. The molecule has 1 heterocycles. The van der Waals surface area contributed by atoms with Gasteiger partial charge in [0.25, 0.3) is 0 Å². The number of hydrogen-bond acceptors (Lipinski definition) is 4. The first-order chi connectivity index (χ1) is 16.5. The lowest BCUT2D eigenvalue weighted by atomic mass is 9.67. The molecule has 1 aliphatic heterocycles. The number of nitrogens with zero attached hydrogens (tertiary/aromatic N) is 2. The van der Waals surface area contributed by atoms with Gasteiger partial charge in [0.1, 0.15) is 0 Å². The Morgan fingerprint density at radius 1 is 0.882 bits per heavy atom. The number of amidine groups is 1. The quantitative estimate of drug-likeness (QED) is 0.419. The topological polar surface area (TPSA) is 96.7 Å². The number of likely N-dealkylation sites (tertiary alicyclic amines) is 1. The molecule has 0 aromatic heterocycles. The van der Waals surface area contributed by atoms with Crippen LogP contribution < -0.4 is 16.8 Å². The van der Waals surface area contributed by atoms with Gasteiger partial charge < -0.3 is 16.8 Å². The van der Waals surface area contributed by atoms with Crippen molar-refractivity contribution in [3.8, 4) is 0 Å². The van der Waals surface area contributed by atoms with Crippen LogP contribution in [0.1, 0.15) is 96.3 Å². The summed E-state index contributed by atoms with van der Waals surface area (Å²) in [5.74, 6) is 4.77. The Labute approximate surface area is 207 Å². The maximum Gasteiger partial charge on any atom is 0.237 e. The van der Waals surface area contributed by atoms with E-state index in [0.717, 1.165) is 75.1 Å². The van der Waals surface area contributed by atoms with Gasteiger partial charge in [0, 0.05) is 37.6 Å². The number of nitrogens with one attached hydrogen (secondary N) is 1. The van der Waals surface area contributed by atoms with Gasteiger partial charge in [-0.25, -0.2) is 0 Å². The zero-order valence-electron chi connectivity index (χ0n) is 21.5. The Balaban J connectivity index is 1.28. The zero-order chi connectivity index (χ0) is 23.7. The molecule has 1 amide bonds. The average Bonchev–Trinajstić information content (AvgIpc) is 3.22. The molecule has 6 heteroatoms. The Kier molecular flexibility index (Phi) is 7.84. The van der Waals surface area contributed by atoms with Crippen LogP contribution in [-0.4, -0.2) is 54.4 Å². The first-order valence-corrected chi connectivity index (χ1v) is 14.6. The number of aliphatic imine (C=N–C) groups is 1. The van der Waals surface area contributed by atoms with Crippen LogP contribution in [0, 0.1) is 29.6 Å². The number of carbonyl (C=O) groups is 1. The lowest BCUT2D eigenvalue weighted by molar-refractivity contribution is -0.127. The number of amides is 1. The molecule has 5 fully saturated rings. The van der Waals surface area contributed by atoms with Crippen molar-refractivity contribution in [2.24, 2.45) is 46.0 Å². The van der Waals surface area contributed by atoms with Crippen LogP contribution in [0.2, 0.25) is 0 Å². The second-order valence-corrected chi connectivity index (χ2v) is 12.5. The van der Waals surface area contributed by atoms with Crippen LogP contribution in [0.3, 0.4) is 0 Å². The summed E-state index contributed by atoms with van der Waals surface area (Å²) in [6.07, 6.45) is 18.5. The Hall–Kier alpha value is -1.14. The lowest BCUT2D eigenvalue weighted by Gasteiger charge is -2.43. The minimum absolute atomic E-state index is 0.0354. The second kappa shape index (κ2) is 10.9. The van der Waals surface area contributed by atoms with E-state index in [1.807, 2.05) is 7.05 Å². The van der Waals surface area contributed by atoms with E-state index in [1.54, 1.807) is 0 Å². The molecule has 0 bridgehead atoms. The fourth-order valence-electron chi connectivity index (χ4n) is 8.51. The van der Waals surface area contributed by atoms with E-state index in [1.165, 1.54) is 51.4 Å². The van der Waals surface area contributed by atoms with Crippen molar-refractivity contribution in [1.82, 2.24) is 10.2 Å². The highest BCUT2D eigenvalue weighted by molar-refractivity contribution is 5.84. The van der Waals surface area contributed by atoms with Gasteiger partial charge in [-0.15, -0.1) is 0 Å². The van der Waals surface area contributed by atoms with Gasteiger partial charge in [0.05, 0.1) is 11.9 Å². The molecule has 192 valence electrons. The van der Waals surface area contributed by atoms with E-state index in [4.69, 9.17) is 11.5 Å². The molecule has 6 nitrogen and oxygen atoms in total. The predicted molar refractivity (Wildman–Crippen MR) is 138 cm³/mol. The number of hydrogen-bond donors (Lipinski definition) is 3. The molecule has 0 radical (unpaired) electrons. The molecule has 0 aromatic rings. The van der Waals surface area contributed by atoms with E-state index >= 15 is 0 Å². The van der Waals surface area contributed by atoms with Crippen LogP contribution in [0.4, 0.5) is 0 Å². The maximum absolute atomic E-state index is 13.7. The Bertz CT molecular complexity index is 732. The zero-order valence-corrected chi connectivity index (χ0v) is 21.5. The highest BCUT2D eigenvalue weighted by Crippen LogP contribution is 2.46. The molecule has 1 saturated heterocycles. The van der Waals surface area contributed by atoms with Crippen molar-refractivity contribution in [2.45, 2.75) is 120 Å². The maximum atomic E-state index is 13.7. The smallest absolute Gasteiger partial charge is 0.237 e. The molecule has 4 aliphatic carbocycles. The van der Waals surface area contributed by atoms with Gasteiger partial charge in [-0.2, -0.15) is 0 Å². The fourth-order valence-corrected chi connectivity index (χ4v) is 8.51. The third-order valence-corrected chi connectivity index (χ3v) is 10.5. The van der Waals surface area contributed by atoms with Gasteiger partial charge in [-0.1, -0.05) is 25.7 Å². The molecule has 7 atom stereocenters. The summed E-state index contributed by atoms with van der Waals surface area (Å²) in [7, 11) is 1.82. The third kappa shape index (κ3) is 5.33. The van der Waals surface area contributed by atoms with Gasteiger partial charge in [0.15, 0.2) is 0 Å². The fraction of sp³-hybridized carbons (Fsp3) is 0.929. The molecular weight excluding hydrogens is 422 g/mol. The number of fused-ring (bicyclic) bond motifs is 2. The first-order valence-electron chi connectivity index (χ1n) is 14.6. The number of nitrogens with two attached hydrogens (primary N) is 2. The molecule has 0 aromatic carbocycles. The van der Waals surface area contributed by atoms with E-state index in [2.05, 4.69) is 15.2 Å². The average molecular weight is 472 g/mol. The van der Waals surface area contributed by atoms with Gasteiger partial charge in [-0.05, 0) is 94.3 Å². The number of rotatable bonds is 5. The highest BCUT2D eigenvalue weighted by Gasteiger charge is 2.48. The summed E-state index contributed by atoms with van der Waals surface area (Å²) in [5, 5.41) is 3.46. The van der Waals surface area contributed by atoms with Crippen LogP contribution in [-0.2, 0) is 4.79 Å². The molecule has 5 N–H and O–H groups in total. The minimum Gasteiger partial charge on any atom is -0.387 e. The summed E-state index contributed by atoms with van der Waals surface area (Å²) in [6, 6.07) is 1.15. The number of carbonyl (C=O) groups excluding carboxylic acids is 1. The van der Waals surface area contributed by atoms with Crippen LogP contribution >= 0.6 is 0 Å². The van der Waals surface area contributed by atoms with Crippen LogP contribution in [0.25, 0.3) is 0 Å². The van der Waals surface area contributed by atoms with Crippen molar-refractivity contribution < 1.29 is 4.79 Å². The van der Waals surface area contributed by atoms with Crippen molar-refractivity contribution in [2.75, 3.05) is 13.6 Å².